The van der Waals surface area contributed by atoms with Crippen molar-refractivity contribution in [3.63, 3.8) is 0 Å². The Bertz CT molecular complexity index is 3560. The molecule has 0 saturated heterocycles. The number of nitrogens with zero attached hydrogens (tertiary/aromatic N) is 4. The van der Waals surface area contributed by atoms with Gasteiger partial charge in [0.15, 0.2) is 11.6 Å². The van der Waals surface area contributed by atoms with Gasteiger partial charge in [-0.1, -0.05) is 170 Å². The van der Waals surface area contributed by atoms with E-state index in [9.17, 15) is 0 Å². The highest BCUT2D eigenvalue weighted by Crippen LogP contribution is 2.43. The summed E-state index contributed by atoms with van der Waals surface area (Å²) in [6.45, 7) is 0. The maximum absolute atomic E-state index is 6.65. The maximum Gasteiger partial charge on any atom is 0.238 e. The van der Waals surface area contributed by atoms with Gasteiger partial charge in [0, 0.05) is 43.8 Å². The smallest absolute Gasteiger partial charge is 0.238 e. The number of rotatable bonds is 5. The summed E-state index contributed by atoms with van der Waals surface area (Å²) in [5, 5.41) is 9.00. The summed E-state index contributed by atoms with van der Waals surface area (Å²) in [5.41, 5.74) is 9.89. The van der Waals surface area contributed by atoms with Crippen molar-refractivity contribution in [2.75, 3.05) is 0 Å². The molecule has 5 heteroatoms. The lowest BCUT2D eigenvalue weighted by Gasteiger charge is -2.14. The minimum atomic E-state index is 0.541. The van der Waals surface area contributed by atoms with Crippen molar-refractivity contribution in [2.45, 2.75) is 0 Å². The number of fused-ring (bicyclic) bond motifs is 8. The molecule has 0 aliphatic rings. The van der Waals surface area contributed by atoms with E-state index in [1.807, 2.05) is 18.2 Å². The van der Waals surface area contributed by atoms with Crippen LogP contribution in [0.2, 0.25) is 0 Å². The summed E-state index contributed by atoms with van der Waals surface area (Å²) >= 11 is 0. The van der Waals surface area contributed by atoms with E-state index in [0.717, 1.165) is 93.3 Å². The van der Waals surface area contributed by atoms with E-state index in [1.54, 1.807) is 0 Å². The normalized spacial score (nSPS) is 11.8. The number of aromatic nitrogens is 4. The first-order chi connectivity index (χ1) is 28.7. The fraction of sp³-hybridized carbons (Fsp3) is 0. The van der Waals surface area contributed by atoms with E-state index >= 15 is 0 Å². The number of benzene rings is 9. The Balaban J connectivity index is 1.17. The first-order valence-corrected chi connectivity index (χ1v) is 19.5. The lowest BCUT2D eigenvalue weighted by molar-refractivity contribution is 0.670. The highest BCUT2D eigenvalue weighted by Gasteiger charge is 2.23. The minimum Gasteiger partial charge on any atom is -0.455 e. The molecular weight excluding hydrogens is 709 g/mol. The molecule has 9 aromatic carbocycles. The van der Waals surface area contributed by atoms with Gasteiger partial charge < -0.3 is 4.42 Å². The standard InChI is InChI=1S/C53H32N4O/c1-2-12-33(13-3-1)35-24-27-36(28-25-35)51-54-52(40-29-26-34-14-4-5-15-37(34)30-40)56-53(55-51)57-47-32-39-17-7-6-16-38(39)31-46(47)43-20-10-19-42(49(43)57)45-22-11-21-44-41-18-8-9-23-48(41)58-50(44)45/h1-32H. The van der Waals surface area contributed by atoms with Gasteiger partial charge in [0.25, 0.3) is 0 Å². The Labute approximate surface area is 333 Å². The van der Waals surface area contributed by atoms with E-state index in [0.29, 0.717) is 17.6 Å². The van der Waals surface area contributed by atoms with E-state index in [4.69, 9.17) is 19.4 Å². The molecule has 0 fully saturated rings. The van der Waals surface area contributed by atoms with Crippen molar-refractivity contribution >= 4 is 65.3 Å². The lowest BCUT2D eigenvalue weighted by Crippen LogP contribution is -2.07. The van der Waals surface area contributed by atoms with Gasteiger partial charge >= 0.3 is 0 Å². The molecule has 0 bridgehead atoms. The van der Waals surface area contributed by atoms with Crippen molar-refractivity contribution in [2.24, 2.45) is 0 Å². The van der Waals surface area contributed by atoms with Crippen molar-refractivity contribution in [1.29, 1.82) is 0 Å². The molecule has 270 valence electrons. The van der Waals surface area contributed by atoms with Crippen molar-refractivity contribution in [3.05, 3.63) is 194 Å². The molecule has 0 aliphatic carbocycles. The highest BCUT2D eigenvalue weighted by molar-refractivity contribution is 6.19. The Hall–Kier alpha value is -7.89. The predicted molar refractivity (Wildman–Crippen MR) is 238 cm³/mol. The van der Waals surface area contributed by atoms with Crippen molar-refractivity contribution in [1.82, 2.24) is 19.5 Å². The van der Waals surface area contributed by atoms with Crippen molar-refractivity contribution in [3.8, 4) is 51.0 Å². The molecule has 5 nitrogen and oxygen atoms in total. The largest absolute Gasteiger partial charge is 0.455 e. The summed E-state index contributed by atoms with van der Waals surface area (Å²) in [5.74, 6) is 1.74. The molecule has 0 spiro atoms. The molecule has 0 N–H and O–H groups in total. The van der Waals surface area contributed by atoms with Gasteiger partial charge in [-0.2, -0.15) is 9.97 Å². The fourth-order valence-corrected chi connectivity index (χ4v) is 8.63. The van der Waals surface area contributed by atoms with Gasteiger partial charge in [0.05, 0.1) is 11.0 Å². The van der Waals surface area contributed by atoms with Crippen LogP contribution < -0.4 is 0 Å². The second-order valence-electron chi connectivity index (χ2n) is 14.8. The average molecular weight is 741 g/mol. The average Bonchev–Trinajstić information content (AvgIpc) is 3.84. The zero-order valence-electron chi connectivity index (χ0n) is 31.2. The van der Waals surface area contributed by atoms with Gasteiger partial charge in [-0.15, -0.1) is 0 Å². The van der Waals surface area contributed by atoms with E-state index < -0.39 is 0 Å². The SMILES string of the molecule is c1ccc(-c2ccc(-c3nc(-c4ccc5ccccc5c4)nc(-n4c5cc6ccccc6cc5c5cccc(-c6cccc7c6oc6ccccc67)c54)n3)cc2)cc1. The van der Waals surface area contributed by atoms with Gasteiger partial charge in [0.1, 0.15) is 11.2 Å². The molecule has 3 aromatic heterocycles. The second-order valence-corrected chi connectivity index (χ2v) is 14.8. The molecular formula is C53H32N4O. The summed E-state index contributed by atoms with van der Waals surface area (Å²) in [7, 11) is 0. The first kappa shape index (κ1) is 32.4. The second kappa shape index (κ2) is 12.8. The third kappa shape index (κ3) is 5.14. The molecule has 0 radical (unpaired) electrons. The van der Waals surface area contributed by atoms with Crippen LogP contribution in [0.5, 0.6) is 0 Å². The Morgan fingerprint density at radius 3 is 1.76 bits per heavy atom. The van der Waals surface area contributed by atoms with Gasteiger partial charge in [-0.25, -0.2) is 4.98 Å². The molecule has 12 rings (SSSR count). The lowest BCUT2D eigenvalue weighted by atomic mass is 9.99. The van der Waals surface area contributed by atoms with Crippen LogP contribution in [-0.4, -0.2) is 19.5 Å². The maximum atomic E-state index is 6.65. The molecule has 3 heterocycles. The number of para-hydroxylation sites is 3. The van der Waals surface area contributed by atoms with Crippen LogP contribution >= 0.6 is 0 Å². The molecule has 0 unspecified atom stereocenters. The minimum absolute atomic E-state index is 0.541. The van der Waals surface area contributed by atoms with Crippen molar-refractivity contribution < 1.29 is 4.42 Å². The van der Waals surface area contributed by atoms with E-state index in [2.05, 4.69) is 180 Å². The number of furan rings is 1. The summed E-state index contributed by atoms with van der Waals surface area (Å²) in [6.07, 6.45) is 0. The van der Waals surface area contributed by atoms with E-state index in [1.165, 1.54) is 5.39 Å². The molecule has 0 atom stereocenters. The Kier molecular flexibility index (Phi) is 7.16. The number of hydrogen-bond donors (Lipinski definition) is 0. The third-order valence-electron chi connectivity index (χ3n) is 11.4. The quantitative estimate of drug-likeness (QED) is 0.176. The molecule has 0 amide bonds. The topological polar surface area (TPSA) is 56.7 Å². The highest BCUT2D eigenvalue weighted by atomic mass is 16.3. The van der Waals surface area contributed by atoms with E-state index in [-0.39, 0.29) is 0 Å². The predicted octanol–water partition coefficient (Wildman–Crippen LogP) is 13.8. The van der Waals surface area contributed by atoms with Gasteiger partial charge in [-0.05, 0) is 56.9 Å². The van der Waals surface area contributed by atoms with Crippen LogP contribution in [0.1, 0.15) is 0 Å². The zero-order chi connectivity index (χ0) is 38.2. The van der Waals surface area contributed by atoms with Crippen LogP contribution in [-0.2, 0) is 0 Å². The van der Waals surface area contributed by atoms with Crippen LogP contribution in [0.25, 0.3) is 116 Å². The molecule has 0 saturated carbocycles. The van der Waals surface area contributed by atoms with Gasteiger partial charge in [-0.3, -0.25) is 4.57 Å². The Morgan fingerprint density at radius 2 is 0.948 bits per heavy atom. The zero-order valence-corrected chi connectivity index (χ0v) is 31.2. The Morgan fingerprint density at radius 1 is 0.362 bits per heavy atom. The van der Waals surface area contributed by atoms with Gasteiger partial charge in [0.2, 0.25) is 5.95 Å². The fourth-order valence-electron chi connectivity index (χ4n) is 8.63. The van der Waals surface area contributed by atoms with Crippen LogP contribution in [0, 0.1) is 0 Å². The summed E-state index contributed by atoms with van der Waals surface area (Å²) in [6, 6.07) is 68.0. The summed E-state index contributed by atoms with van der Waals surface area (Å²) in [4.78, 5) is 15.9. The molecule has 12 aromatic rings. The monoisotopic (exact) mass is 740 g/mol. The van der Waals surface area contributed by atoms with Crippen LogP contribution in [0.4, 0.5) is 0 Å². The molecule has 0 aliphatic heterocycles. The molecule has 58 heavy (non-hydrogen) atoms. The van der Waals surface area contributed by atoms with Crippen LogP contribution in [0.15, 0.2) is 199 Å². The number of hydrogen-bond acceptors (Lipinski definition) is 4. The third-order valence-corrected chi connectivity index (χ3v) is 11.4. The summed E-state index contributed by atoms with van der Waals surface area (Å²) < 4.78 is 8.89. The van der Waals surface area contributed by atoms with Crippen LogP contribution in [0.3, 0.4) is 0 Å². The first-order valence-electron chi connectivity index (χ1n) is 19.5.